The Bertz CT molecular complexity index is 388. The normalized spacial score (nSPS) is 11.4. The van der Waals surface area contributed by atoms with Gasteiger partial charge in [-0.25, -0.2) is 0 Å². The van der Waals surface area contributed by atoms with E-state index < -0.39 is 5.97 Å². The summed E-state index contributed by atoms with van der Waals surface area (Å²) in [5, 5.41) is 9.20. The highest BCUT2D eigenvalue weighted by Gasteiger charge is 2.17. The highest BCUT2D eigenvalue weighted by atomic mass is 35.5. The summed E-state index contributed by atoms with van der Waals surface area (Å²) < 4.78 is 0. The number of unbranched alkanes of at least 4 members (excludes halogenated alkanes) is 1. The Morgan fingerprint density at radius 2 is 1.77 bits per heavy atom. The van der Waals surface area contributed by atoms with Crippen molar-refractivity contribution in [2.24, 2.45) is 5.92 Å². The molecule has 0 spiro atoms. The molecule has 5 heteroatoms. The summed E-state index contributed by atoms with van der Waals surface area (Å²) >= 11 is 0. The molecule has 1 unspecified atom stereocenters. The molecule has 128 valence electrons. The lowest BCUT2D eigenvalue weighted by molar-refractivity contribution is -0.142. The summed E-state index contributed by atoms with van der Waals surface area (Å²) in [5.41, 5.74) is 1.33. The molecular weight excluding hydrogens is 321 g/mol. The first kappa shape index (κ1) is 23.5. The Morgan fingerprint density at radius 3 is 2.32 bits per heavy atom. The van der Waals surface area contributed by atoms with E-state index in [4.69, 9.17) is 0 Å². The number of likely N-dealkylation sites (N-methyl/N-ethyl adjacent to an activating group) is 1. The van der Waals surface area contributed by atoms with Gasteiger partial charge in [-0.15, -0.1) is 24.8 Å². The lowest BCUT2D eigenvalue weighted by Gasteiger charge is -2.19. The van der Waals surface area contributed by atoms with Crippen molar-refractivity contribution in [1.29, 1.82) is 0 Å². The van der Waals surface area contributed by atoms with Gasteiger partial charge in [-0.2, -0.15) is 0 Å². The van der Waals surface area contributed by atoms with Crippen molar-refractivity contribution in [3.8, 4) is 0 Å². The maximum Gasteiger partial charge on any atom is 0.306 e. The Hall–Kier alpha value is -0.770. The number of benzene rings is 1. The van der Waals surface area contributed by atoms with Crippen LogP contribution in [0, 0.1) is 5.92 Å². The van der Waals surface area contributed by atoms with Crippen molar-refractivity contribution >= 4 is 30.8 Å². The van der Waals surface area contributed by atoms with Crippen LogP contribution in [0.25, 0.3) is 0 Å². The summed E-state index contributed by atoms with van der Waals surface area (Å²) in [6.07, 6.45) is 4.64. The van der Waals surface area contributed by atoms with Gasteiger partial charge >= 0.3 is 5.97 Å². The zero-order chi connectivity index (χ0) is 14.8. The van der Waals surface area contributed by atoms with Crippen LogP contribution in [0.15, 0.2) is 30.3 Å². The van der Waals surface area contributed by atoms with Crippen LogP contribution in [0.5, 0.6) is 0 Å². The monoisotopic (exact) mass is 349 g/mol. The summed E-state index contributed by atoms with van der Waals surface area (Å²) in [5.74, 6) is -0.830. The molecule has 0 amide bonds. The Balaban J connectivity index is 0. The van der Waals surface area contributed by atoms with Crippen LogP contribution in [0.3, 0.4) is 0 Å². The minimum absolute atomic E-state index is 0. The number of hydrogen-bond acceptors (Lipinski definition) is 2. The molecule has 0 heterocycles. The molecule has 1 rings (SSSR count). The zero-order valence-electron chi connectivity index (χ0n) is 13.5. The van der Waals surface area contributed by atoms with Crippen LogP contribution in [0.4, 0.5) is 0 Å². The van der Waals surface area contributed by atoms with E-state index in [1.54, 1.807) is 0 Å². The third kappa shape index (κ3) is 10.0. The standard InChI is InChI=1S/C17H27NO2.2ClH/c1-3-4-10-16(17(19)20)12-14-18(2)13-11-15-8-6-5-7-9-15;;/h5-9,16H,3-4,10-14H2,1-2H3,(H,19,20);2*1H. The lowest BCUT2D eigenvalue weighted by Crippen LogP contribution is -2.26. The second-order valence-electron chi connectivity index (χ2n) is 5.50. The molecule has 0 bridgehead atoms. The third-order valence-electron chi connectivity index (χ3n) is 3.74. The average molecular weight is 350 g/mol. The Kier molecular flexibility index (Phi) is 14.8. The van der Waals surface area contributed by atoms with Gasteiger partial charge in [0.1, 0.15) is 0 Å². The minimum Gasteiger partial charge on any atom is -0.481 e. The van der Waals surface area contributed by atoms with Gasteiger partial charge in [-0.1, -0.05) is 50.1 Å². The number of halogens is 2. The van der Waals surface area contributed by atoms with E-state index in [9.17, 15) is 9.90 Å². The fourth-order valence-corrected chi connectivity index (χ4v) is 2.29. The molecule has 0 aromatic heterocycles. The lowest BCUT2D eigenvalue weighted by atomic mass is 9.98. The number of carboxylic acids is 1. The predicted molar refractivity (Wildman–Crippen MR) is 97.4 cm³/mol. The molecule has 1 aromatic rings. The molecule has 0 aliphatic heterocycles. The van der Waals surface area contributed by atoms with E-state index in [-0.39, 0.29) is 30.7 Å². The largest absolute Gasteiger partial charge is 0.481 e. The number of nitrogens with zero attached hydrogens (tertiary/aromatic N) is 1. The quantitative estimate of drug-likeness (QED) is 0.684. The predicted octanol–water partition coefficient (Wildman–Crippen LogP) is 4.29. The topological polar surface area (TPSA) is 40.5 Å². The maximum atomic E-state index is 11.2. The van der Waals surface area contributed by atoms with Crippen molar-refractivity contribution in [2.75, 3.05) is 20.1 Å². The van der Waals surface area contributed by atoms with E-state index in [0.717, 1.165) is 45.2 Å². The van der Waals surface area contributed by atoms with Gasteiger partial charge in [0, 0.05) is 6.54 Å². The first-order valence-corrected chi connectivity index (χ1v) is 7.58. The average Bonchev–Trinajstić information content (AvgIpc) is 2.46. The van der Waals surface area contributed by atoms with Crippen LogP contribution in [-0.2, 0) is 11.2 Å². The molecule has 1 atom stereocenters. The number of carboxylic acid groups (broad SMARTS) is 1. The van der Waals surface area contributed by atoms with Gasteiger partial charge in [0.2, 0.25) is 0 Å². The number of hydrogen-bond donors (Lipinski definition) is 1. The van der Waals surface area contributed by atoms with E-state index in [1.807, 2.05) is 6.07 Å². The number of aliphatic carboxylic acids is 1. The van der Waals surface area contributed by atoms with Crippen LogP contribution < -0.4 is 0 Å². The van der Waals surface area contributed by atoms with Gasteiger partial charge in [-0.05, 0) is 38.4 Å². The van der Waals surface area contributed by atoms with Gasteiger partial charge in [0.15, 0.2) is 0 Å². The molecule has 22 heavy (non-hydrogen) atoms. The molecule has 1 aromatic carbocycles. The first-order valence-electron chi connectivity index (χ1n) is 7.58. The third-order valence-corrected chi connectivity index (χ3v) is 3.74. The number of carbonyl (C=O) groups is 1. The van der Waals surface area contributed by atoms with Crippen molar-refractivity contribution in [1.82, 2.24) is 4.90 Å². The SMILES string of the molecule is CCCCC(CCN(C)CCc1ccccc1)C(=O)O.Cl.Cl. The van der Waals surface area contributed by atoms with Crippen LogP contribution in [0.2, 0.25) is 0 Å². The van der Waals surface area contributed by atoms with Crippen LogP contribution in [-0.4, -0.2) is 36.1 Å². The van der Waals surface area contributed by atoms with E-state index >= 15 is 0 Å². The van der Waals surface area contributed by atoms with Gasteiger partial charge in [-0.3, -0.25) is 4.79 Å². The summed E-state index contributed by atoms with van der Waals surface area (Å²) in [7, 11) is 2.07. The molecule has 0 saturated heterocycles. The van der Waals surface area contributed by atoms with Gasteiger partial charge in [0.25, 0.3) is 0 Å². The second kappa shape index (κ2) is 13.9. The Morgan fingerprint density at radius 1 is 1.14 bits per heavy atom. The summed E-state index contributed by atoms with van der Waals surface area (Å²) in [6.45, 7) is 3.93. The number of rotatable bonds is 10. The smallest absolute Gasteiger partial charge is 0.306 e. The van der Waals surface area contributed by atoms with Crippen molar-refractivity contribution in [2.45, 2.75) is 39.0 Å². The summed E-state index contributed by atoms with van der Waals surface area (Å²) in [4.78, 5) is 13.4. The molecule has 1 N–H and O–H groups in total. The molecule has 0 saturated carbocycles. The van der Waals surface area contributed by atoms with Gasteiger partial charge < -0.3 is 10.0 Å². The molecule has 0 aliphatic rings. The van der Waals surface area contributed by atoms with E-state index in [1.165, 1.54) is 5.56 Å². The van der Waals surface area contributed by atoms with E-state index in [0.29, 0.717) is 0 Å². The zero-order valence-corrected chi connectivity index (χ0v) is 15.2. The minimum atomic E-state index is -0.644. The highest BCUT2D eigenvalue weighted by Crippen LogP contribution is 2.14. The van der Waals surface area contributed by atoms with E-state index in [2.05, 4.69) is 43.1 Å². The highest BCUT2D eigenvalue weighted by molar-refractivity contribution is 5.85. The molecule has 0 fully saturated rings. The van der Waals surface area contributed by atoms with Gasteiger partial charge in [0.05, 0.1) is 5.92 Å². The fourth-order valence-electron chi connectivity index (χ4n) is 2.29. The molecule has 3 nitrogen and oxygen atoms in total. The summed E-state index contributed by atoms with van der Waals surface area (Å²) in [6, 6.07) is 10.4. The van der Waals surface area contributed by atoms with Crippen molar-refractivity contribution in [3.63, 3.8) is 0 Å². The van der Waals surface area contributed by atoms with Crippen molar-refractivity contribution in [3.05, 3.63) is 35.9 Å². The first-order chi connectivity index (χ1) is 9.63. The fraction of sp³-hybridized carbons (Fsp3) is 0.588. The molecule has 0 aliphatic carbocycles. The van der Waals surface area contributed by atoms with Crippen LogP contribution >= 0.6 is 24.8 Å². The van der Waals surface area contributed by atoms with Crippen LogP contribution in [0.1, 0.15) is 38.2 Å². The van der Waals surface area contributed by atoms with Crippen molar-refractivity contribution < 1.29 is 9.90 Å². The maximum absolute atomic E-state index is 11.2. The molecule has 0 radical (unpaired) electrons. The second-order valence-corrected chi connectivity index (χ2v) is 5.50. The molecular formula is C17H29Cl2NO2. The Labute approximate surface area is 146 Å².